The van der Waals surface area contributed by atoms with Gasteiger partial charge in [0.15, 0.2) is 0 Å². The number of rotatable bonds is 0. The highest BCUT2D eigenvalue weighted by atomic mass is 15.2. The van der Waals surface area contributed by atoms with Crippen LogP contribution in [0, 0.1) is 0 Å². The van der Waals surface area contributed by atoms with Crippen LogP contribution in [0.25, 0.3) is 22.3 Å². The summed E-state index contributed by atoms with van der Waals surface area (Å²) < 4.78 is 0. The van der Waals surface area contributed by atoms with Crippen LogP contribution in [0.4, 0.5) is 17.1 Å². The van der Waals surface area contributed by atoms with Crippen LogP contribution < -0.4 is 4.90 Å². The summed E-state index contributed by atoms with van der Waals surface area (Å²) in [4.78, 5) is 7.28. The van der Waals surface area contributed by atoms with E-state index < -0.39 is 0 Å². The Morgan fingerprint density at radius 1 is 0.486 bits per heavy atom. The highest BCUT2D eigenvalue weighted by Gasteiger charge is 2.36. The topological polar surface area (TPSA) is 16.1 Å². The molecule has 0 N–H and O–H groups in total. The zero-order valence-corrected chi connectivity index (χ0v) is 19.3. The normalized spacial score (nSPS) is 14.9. The lowest BCUT2D eigenvalue weighted by Gasteiger charge is -2.40. The van der Waals surface area contributed by atoms with Gasteiger partial charge in [0, 0.05) is 31.7 Å². The third-order valence-corrected chi connectivity index (χ3v) is 8.55. The van der Waals surface area contributed by atoms with Crippen molar-refractivity contribution in [2.45, 2.75) is 25.7 Å². The van der Waals surface area contributed by atoms with Gasteiger partial charge in [0.2, 0.25) is 0 Å². The molecule has 35 heavy (non-hydrogen) atoms. The molecule has 0 radical (unpaired) electrons. The number of fused-ring (bicyclic) bond motifs is 11. The molecule has 5 aromatic rings. The zero-order valence-electron chi connectivity index (χ0n) is 19.3. The van der Waals surface area contributed by atoms with E-state index in [1.807, 2.05) is 0 Å². The number of nitrogens with zero attached hydrogens (tertiary/aromatic N) is 2. The van der Waals surface area contributed by atoms with Crippen LogP contribution in [0.1, 0.15) is 44.5 Å². The monoisotopic (exact) mass is 446 g/mol. The van der Waals surface area contributed by atoms with Gasteiger partial charge in [-0.1, -0.05) is 60.7 Å². The lowest BCUT2D eigenvalue weighted by atomic mass is 9.84. The Hall–Kier alpha value is -4.17. The minimum absolute atomic E-state index is 0.946. The van der Waals surface area contributed by atoms with E-state index in [4.69, 9.17) is 0 Å². The minimum atomic E-state index is 0.946. The van der Waals surface area contributed by atoms with Gasteiger partial charge in [0.1, 0.15) is 0 Å². The van der Waals surface area contributed by atoms with E-state index in [0.717, 1.165) is 25.7 Å². The Labute approximate surface area is 204 Å². The molecule has 0 saturated heterocycles. The van der Waals surface area contributed by atoms with Gasteiger partial charge in [-0.25, -0.2) is 0 Å². The van der Waals surface area contributed by atoms with Crippen LogP contribution in [0.3, 0.4) is 0 Å². The average Bonchev–Trinajstić information content (AvgIpc) is 3.45. The molecule has 0 saturated carbocycles. The molecule has 3 heterocycles. The molecule has 4 aromatic carbocycles. The molecule has 2 heteroatoms. The first-order valence-electron chi connectivity index (χ1n) is 12.6. The van der Waals surface area contributed by atoms with Crippen LogP contribution in [0.15, 0.2) is 85.2 Å². The van der Waals surface area contributed by atoms with E-state index in [1.54, 1.807) is 0 Å². The van der Waals surface area contributed by atoms with E-state index in [-0.39, 0.29) is 0 Å². The Morgan fingerprint density at radius 2 is 1.17 bits per heavy atom. The van der Waals surface area contributed by atoms with Crippen LogP contribution in [0.2, 0.25) is 0 Å². The second-order valence-corrected chi connectivity index (χ2v) is 10.4. The van der Waals surface area contributed by atoms with Gasteiger partial charge in [-0.3, -0.25) is 4.98 Å². The second kappa shape index (κ2) is 6.28. The number of benzene rings is 4. The highest BCUT2D eigenvalue weighted by Crippen LogP contribution is 2.55. The average molecular weight is 447 g/mol. The van der Waals surface area contributed by atoms with Crippen molar-refractivity contribution in [2.24, 2.45) is 0 Å². The molecule has 4 aliphatic rings. The molecule has 2 nitrogen and oxygen atoms in total. The van der Waals surface area contributed by atoms with Crippen LogP contribution in [-0.4, -0.2) is 4.98 Å². The van der Waals surface area contributed by atoms with Gasteiger partial charge in [0.05, 0.1) is 17.1 Å². The fourth-order valence-corrected chi connectivity index (χ4v) is 7.09. The van der Waals surface area contributed by atoms with Crippen molar-refractivity contribution < 1.29 is 0 Å². The third kappa shape index (κ3) is 2.27. The minimum Gasteiger partial charge on any atom is -0.309 e. The van der Waals surface area contributed by atoms with Gasteiger partial charge < -0.3 is 4.90 Å². The number of anilines is 3. The summed E-state index contributed by atoms with van der Waals surface area (Å²) in [5.41, 5.74) is 21.1. The molecule has 9 rings (SSSR count). The Kier molecular flexibility index (Phi) is 3.27. The molecule has 2 aliphatic carbocycles. The summed E-state index contributed by atoms with van der Waals surface area (Å²) in [5, 5.41) is 0. The van der Waals surface area contributed by atoms with Crippen molar-refractivity contribution in [1.29, 1.82) is 0 Å². The van der Waals surface area contributed by atoms with Crippen LogP contribution >= 0.6 is 0 Å². The molecule has 0 atom stereocenters. The fraction of sp³-hybridized carbons (Fsp3) is 0.121. The number of hydrogen-bond donors (Lipinski definition) is 0. The Balaban J connectivity index is 1.32. The highest BCUT2D eigenvalue weighted by molar-refractivity contribution is 5.96. The van der Waals surface area contributed by atoms with Gasteiger partial charge in [-0.05, 0) is 85.3 Å². The maximum atomic E-state index is 4.67. The fourth-order valence-electron chi connectivity index (χ4n) is 7.09. The number of pyridine rings is 1. The van der Waals surface area contributed by atoms with Crippen LogP contribution in [-0.2, 0) is 25.7 Å². The van der Waals surface area contributed by atoms with Gasteiger partial charge >= 0.3 is 0 Å². The number of aromatic nitrogens is 1. The molecular weight excluding hydrogens is 424 g/mol. The standard InChI is InChI=1S/C33H22N2/c1-4-8-27-19(5-1)11-22-16-31-23(15-29(22)27)13-25-18-34-17-24-12-21-9-10-28-26-7-3-2-6-20(26)14-30(28)33(21)35(31)32(24)25/h1-10,15-18H,11-14H2. The molecule has 164 valence electrons. The largest absolute Gasteiger partial charge is 0.309 e. The third-order valence-electron chi connectivity index (χ3n) is 8.55. The van der Waals surface area contributed by atoms with Gasteiger partial charge in [0.25, 0.3) is 0 Å². The van der Waals surface area contributed by atoms with Crippen molar-refractivity contribution in [3.05, 3.63) is 130 Å². The SMILES string of the molecule is c1ccc2c(c1)Cc1cc3c(cc1-2)Cc1cncc2c1N3c1c(ccc3c1Cc1ccccc1-3)C2. The zero-order chi connectivity index (χ0) is 22.7. The van der Waals surface area contributed by atoms with Crippen molar-refractivity contribution in [2.75, 3.05) is 4.90 Å². The first-order chi connectivity index (χ1) is 17.3. The maximum absolute atomic E-state index is 4.67. The summed E-state index contributed by atoms with van der Waals surface area (Å²) in [6.45, 7) is 0. The molecule has 1 aromatic heterocycles. The van der Waals surface area contributed by atoms with E-state index in [2.05, 4.69) is 95.1 Å². The smallest absolute Gasteiger partial charge is 0.0563 e. The van der Waals surface area contributed by atoms with E-state index in [0.29, 0.717) is 0 Å². The van der Waals surface area contributed by atoms with Crippen molar-refractivity contribution in [3.63, 3.8) is 0 Å². The van der Waals surface area contributed by atoms with Crippen LogP contribution in [0.5, 0.6) is 0 Å². The Morgan fingerprint density at radius 3 is 2.00 bits per heavy atom. The van der Waals surface area contributed by atoms with Gasteiger partial charge in [-0.2, -0.15) is 0 Å². The number of hydrogen-bond acceptors (Lipinski definition) is 2. The molecule has 2 aliphatic heterocycles. The quantitative estimate of drug-likeness (QED) is 0.240. The Bertz CT molecular complexity index is 1760. The van der Waals surface area contributed by atoms with Crippen molar-refractivity contribution in [1.82, 2.24) is 4.98 Å². The summed E-state index contributed by atoms with van der Waals surface area (Å²) in [7, 11) is 0. The van der Waals surface area contributed by atoms with Gasteiger partial charge in [-0.15, -0.1) is 0 Å². The molecule has 0 spiro atoms. The summed E-state index contributed by atoms with van der Waals surface area (Å²) in [6, 6.07) is 27.5. The summed E-state index contributed by atoms with van der Waals surface area (Å²) in [5.74, 6) is 0. The predicted molar refractivity (Wildman–Crippen MR) is 141 cm³/mol. The summed E-state index contributed by atoms with van der Waals surface area (Å²) in [6.07, 6.45) is 8.11. The molecule has 0 unspecified atom stereocenters. The lowest BCUT2D eigenvalue weighted by Crippen LogP contribution is -2.26. The lowest BCUT2D eigenvalue weighted by molar-refractivity contribution is 0.976. The van der Waals surface area contributed by atoms with Crippen molar-refractivity contribution in [3.8, 4) is 22.3 Å². The molecule has 0 bridgehead atoms. The molecule has 0 fully saturated rings. The first-order valence-corrected chi connectivity index (χ1v) is 12.6. The summed E-state index contributed by atoms with van der Waals surface area (Å²) >= 11 is 0. The van der Waals surface area contributed by atoms with E-state index >= 15 is 0 Å². The van der Waals surface area contributed by atoms with E-state index in [9.17, 15) is 0 Å². The van der Waals surface area contributed by atoms with Crippen molar-refractivity contribution >= 4 is 17.1 Å². The van der Waals surface area contributed by atoms with E-state index in [1.165, 1.54) is 83.8 Å². The predicted octanol–water partition coefficient (Wildman–Crippen LogP) is 7.50. The molecule has 0 amide bonds. The first kappa shape index (κ1) is 18.2. The maximum Gasteiger partial charge on any atom is 0.0563 e. The second-order valence-electron chi connectivity index (χ2n) is 10.4. The molecular formula is C33H22N2.